The average molecular weight is 393 g/mol. The van der Waals surface area contributed by atoms with E-state index in [-0.39, 0.29) is 18.7 Å². The molecule has 2 rings (SSSR count). The Bertz CT molecular complexity index is 483. The molecule has 0 aliphatic carbocycles. The molecule has 2 atom stereocenters. The molecule has 0 unspecified atom stereocenters. The summed E-state index contributed by atoms with van der Waals surface area (Å²) in [6, 6.07) is -0.0859. The third kappa shape index (κ3) is 3.85. The molecule has 1 aliphatic rings. The fourth-order valence-corrected chi connectivity index (χ4v) is 2.63. The lowest BCUT2D eigenvalue weighted by atomic mass is 10.0. The molecule has 0 radical (unpaired) electrons. The summed E-state index contributed by atoms with van der Waals surface area (Å²) in [5, 5.41) is 14.5. The number of nitrogens with zero attached hydrogens (tertiary/aromatic N) is 3. The first kappa shape index (κ1) is 15.6. The first-order chi connectivity index (χ1) is 9.26. The Morgan fingerprint density at radius 2 is 2.25 bits per heavy atom. The summed E-state index contributed by atoms with van der Waals surface area (Å²) in [6.45, 7) is 6.34. The number of amides is 1. The topological polar surface area (TPSA) is 67.6 Å². The predicted molar refractivity (Wildman–Crippen MR) is 82.4 cm³/mol. The first-order valence-corrected chi connectivity index (χ1v) is 7.70. The molecular weight excluding hydrogens is 373 g/mol. The van der Waals surface area contributed by atoms with E-state index in [9.17, 15) is 9.90 Å². The molecule has 1 saturated heterocycles. The van der Waals surface area contributed by atoms with Crippen molar-refractivity contribution < 1.29 is 14.6 Å². The van der Waals surface area contributed by atoms with Gasteiger partial charge >= 0.3 is 6.09 Å². The number of likely N-dealkylation sites (tertiary alicyclic amines) is 1. The number of aromatic nitrogens is 2. The smallest absolute Gasteiger partial charge is 0.410 e. The number of carbonyl (C=O) groups excluding carboxylic acids is 1. The maximum absolute atomic E-state index is 12.0. The van der Waals surface area contributed by atoms with Crippen molar-refractivity contribution in [1.29, 1.82) is 0 Å². The lowest BCUT2D eigenvalue weighted by molar-refractivity contribution is -0.0118. The van der Waals surface area contributed by atoms with E-state index in [1.54, 1.807) is 15.8 Å². The van der Waals surface area contributed by atoms with Crippen molar-refractivity contribution in [2.75, 3.05) is 13.1 Å². The van der Waals surface area contributed by atoms with E-state index in [4.69, 9.17) is 4.74 Å². The lowest BCUT2D eigenvalue weighted by Crippen LogP contribution is -2.48. The highest BCUT2D eigenvalue weighted by Gasteiger charge is 2.33. The minimum absolute atomic E-state index is 0.0859. The molecule has 0 saturated carbocycles. The average Bonchev–Trinajstić information content (AvgIpc) is 2.73. The number of carbonyl (C=O) groups is 1. The summed E-state index contributed by atoms with van der Waals surface area (Å²) in [6.07, 6.45) is 3.32. The molecular formula is C13H20IN3O3. The van der Waals surface area contributed by atoms with Gasteiger partial charge in [0.05, 0.1) is 28.5 Å². The van der Waals surface area contributed by atoms with E-state index in [1.165, 1.54) is 0 Å². The zero-order valence-corrected chi connectivity index (χ0v) is 14.1. The number of aliphatic hydroxyl groups excluding tert-OH is 1. The van der Waals surface area contributed by atoms with Crippen molar-refractivity contribution in [2.45, 2.75) is 44.9 Å². The Morgan fingerprint density at radius 3 is 2.75 bits per heavy atom. The van der Waals surface area contributed by atoms with Crippen molar-refractivity contribution in [3.8, 4) is 0 Å². The SMILES string of the molecule is CC(C)(C)OC(=O)N1CC[C@H](n2cc(I)cn2)[C@@H](O)C1. The summed E-state index contributed by atoms with van der Waals surface area (Å²) < 4.78 is 8.13. The van der Waals surface area contributed by atoms with Gasteiger partial charge in [0, 0.05) is 12.7 Å². The van der Waals surface area contributed by atoms with Gasteiger partial charge < -0.3 is 14.7 Å². The third-order valence-electron chi connectivity index (χ3n) is 3.11. The van der Waals surface area contributed by atoms with Crippen LogP contribution in [0.3, 0.4) is 0 Å². The van der Waals surface area contributed by atoms with Gasteiger partial charge in [-0.2, -0.15) is 5.10 Å². The first-order valence-electron chi connectivity index (χ1n) is 6.62. The quantitative estimate of drug-likeness (QED) is 0.742. The zero-order valence-electron chi connectivity index (χ0n) is 11.9. The van der Waals surface area contributed by atoms with Crippen LogP contribution in [0, 0.1) is 3.57 Å². The number of hydrogen-bond acceptors (Lipinski definition) is 4. The number of hydrogen-bond donors (Lipinski definition) is 1. The summed E-state index contributed by atoms with van der Waals surface area (Å²) in [5.74, 6) is 0. The van der Waals surface area contributed by atoms with Gasteiger partial charge in [-0.05, 0) is 49.8 Å². The van der Waals surface area contributed by atoms with Crippen molar-refractivity contribution in [1.82, 2.24) is 14.7 Å². The van der Waals surface area contributed by atoms with Crippen molar-refractivity contribution in [2.24, 2.45) is 0 Å². The van der Waals surface area contributed by atoms with Gasteiger partial charge in [0.1, 0.15) is 5.60 Å². The van der Waals surface area contributed by atoms with E-state index in [2.05, 4.69) is 27.7 Å². The minimum Gasteiger partial charge on any atom is -0.444 e. The molecule has 1 N–H and O–H groups in total. The lowest BCUT2D eigenvalue weighted by Gasteiger charge is -2.36. The summed E-state index contributed by atoms with van der Waals surface area (Å²) in [5.41, 5.74) is -0.517. The molecule has 2 heterocycles. The summed E-state index contributed by atoms with van der Waals surface area (Å²) in [4.78, 5) is 13.5. The van der Waals surface area contributed by atoms with Crippen molar-refractivity contribution in [3.05, 3.63) is 16.0 Å². The number of halogens is 1. The molecule has 0 aromatic carbocycles. The van der Waals surface area contributed by atoms with Crippen LogP contribution in [0.1, 0.15) is 33.2 Å². The van der Waals surface area contributed by atoms with Crippen LogP contribution in [0.25, 0.3) is 0 Å². The second kappa shape index (κ2) is 5.88. The van der Waals surface area contributed by atoms with Crippen molar-refractivity contribution >= 4 is 28.7 Å². The maximum Gasteiger partial charge on any atom is 0.410 e. The molecule has 1 aliphatic heterocycles. The molecule has 20 heavy (non-hydrogen) atoms. The van der Waals surface area contributed by atoms with Crippen LogP contribution >= 0.6 is 22.6 Å². The molecule has 112 valence electrons. The Labute approximate surface area is 132 Å². The normalized spacial score (nSPS) is 23.8. The maximum atomic E-state index is 12.0. The van der Waals surface area contributed by atoms with Gasteiger partial charge in [-0.15, -0.1) is 0 Å². The van der Waals surface area contributed by atoms with Gasteiger partial charge in [-0.25, -0.2) is 4.79 Å². The largest absolute Gasteiger partial charge is 0.444 e. The molecule has 6 nitrogen and oxygen atoms in total. The predicted octanol–water partition coefficient (Wildman–Crippen LogP) is 2.03. The van der Waals surface area contributed by atoms with Crippen LogP contribution in [0.4, 0.5) is 4.79 Å². The number of rotatable bonds is 1. The highest BCUT2D eigenvalue weighted by Crippen LogP contribution is 2.24. The summed E-state index contributed by atoms with van der Waals surface area (Å²) >= 11 is 2.18. The van der Waals surface area contributed by atoms with Crippen LogP contribution < -0.4 is 0 Å². The second-order valence-corrected chi connectivity index (χ2v) is 7.23. The minimum atomic E-state index is -0.632. The Hall–Kier alpha value is -0.830. The Kier molecular flexibility index (Phi) is 4.58. The standard InChI is InChI=1S/C13H20IN3O3/c1-13(2,3)20-12(19)16-5-4-10(11(18)8-16)17-7-9(14)6-15-17/h6-7,10-11,18H,4-5,8H2,1-3H3/t10-,11-/m0/s1. The van der Waals surface area contributed by atoms with Crippen LogP contribution in [-0.2, 0) is 4.74 Å². The van der Waals surface area contributed by atoms with E-state index < -0.39 is 11.7 Å². The zero-order chi connectivity index (χ0) is 14.9. The molecule has 1 fully saturated rings. The van der Waals surface area contributed by atoms with Crippen molar-refractivity contribution in [3.63, 3.8) is 0 Å². The highest BCUT2D eigenvalue weighted by molar-refractivity contribution is 14.1. The molecule has 7 heteroatoms. The van der Waals surface area contributed by atoms with E-state index in [0.717, 1.165) is 3.57 Å². The number of aliphatic hydroxyl groups is 1. The van der Waals surface area contributed by atoms with E-state index in [1.807, 2.05) is 27.0 Å². The molecule has 0 bridgehead atoms. The Balaban J connectivity index is 1.97. The number of ether oxygens (including phenoxy) is 1. The van der Waals surface area contributed by atoms with Gasteiger partial charge in [0.2, 0.25) is 0 Å². The van der Waals surface area contributed by atoms with E-state index >= 15 is 0 Å². The fraction of sp³-hybridized carbons (Fsp3) is 0.692. The second-order valence-electron chi connectivity index (χ2n) is 5.99. The van der Waals surface area contributed by atoms with Gasteiger partial charge in [-0.1, -0.05) is 0 Å². The number of β-amino-alcohol motifs (C(OH)–C–C–N with tert-alkyl or cyclic N) is 1. The van der Waals surface area contributed by atoms with Gasteiger partial charge in [0.25, 0.3) is 0 Å². The molecule has 0 spiro atoms. The molecule has 1 amide bonds. The Morgan fingerprint density at radius 1 is 1.55 bits per heavy atom. The summed E-state index contributed by atoms with van der Waals surface area (Å²) in [7, 11) is 0. The monoisotopic (exact) mass is 393 g/mol. The molecule has 1 aromatic heterocycles. The van der Waals surface area contributed by atoms with Crippen LogP contribution in [0.15, 0.2) is 12.4 Å². The van der Waals surface area contributed by atoms with Gasteiger partial charge in [0.15, 0.2) is 0 Å². The van der Waals surface area contributed by atoms with Crippen LogP contribution in [-0.4, -0.2) is 50.7 Å². The van der Waals surface area contributed by atoms with Gasteiger partial charge in [-0.3, -0.25) is 4.68 Å². The van der Waals surface area contributed by atoms with Crippen LogP contribution in [0.2, 0.25) is 0 Å². The van der Waals surface area contributed by atoms with Crippen LogP contribution in [0.5, 0.6) is 0 Å². The number of piperidine rings is 1. The fourth-order valence-electron chi connectivity index (χ4n) is 2.22. The highest BCUT2D eigenvalue weighted by atomic mass is 127. The third-order valence-corrected chi connectivity index (χ3v) is 3.66. The molecule has 1 aromatic rings. The van der Waals surface area contributed by atoms with E-state index in [0.29, 0.717) is 13.0 Å².